The Labute approximate surface area is 462 Å². The molecule has 0 spiro atoms. The molecule has 0 saturated carbocycles. The summed E-state index contributed by atoms with van der Waals surface area (Å²) in [6.45, 7) is 0. The quantitative estimate of drug-likeness (QED) is 0.101. The van der Waals surface area contributed by atoms with Crippen LogP contribution in [0.3, 0.4) is 0 Å². The van der Waals surface area contributed by atoms with Crippen molar-refractivity contribution in [2.75, 3.05) is 0 Å². The minimum atomic E-state index is -6.68. The largest absolute Gasteiger partial charge is 0.309 e. The lowest BCUT2D eigenvalue weighted by Crippen LogP contribution is -2.74. The lowest BCUT2D eigenvalue weighted by Gasteiger charge is -2.34. The number of benzene rings is 11. The van der Waals surface area contributed by atoms with Crippen LogP contribution in [0, 0.1) is 0 Å². The van der Waals surface area contributed by atoms with E-state index in [2.05, 4.69) is 0 Å². The molecule has 2 aromatic heterocycles. The van der Waals surface area contributed by atoms with E-state index in [4.69, 9.17) is 27.4 Å². The van der Waals surface area contributed by atoms with Gasteiger partial charge in [0.1, 0.15) is 0 Å². The Morgan fingerprint density at radius 1 is 0.290 bits per heavy atom. The van der Waals surface area contributed by atoms with Crippen molar-refractivity contribution in [2.45, 2.75) is 0 Å². The van der Waals surface area contributed by atoms with Crippen molar-refractivity contribution in [3.05, 3.63) is 278 Å². The molecule has 13 aromatic rings. The third-order valence-corrected chi connectivity index (χ3v) is 15.3. The number of hydrogen-bond donors (Lipinski definition) is 0. The van der Waals surface area contributed by atoms with E-state index >= 15 is 0 Å². The standard InChI is InChI=1S/C66H46N2Si/c1-5-22-47(23-6-1)57-34-15-18-37-62(57)68-64-39-20-17-36-59(64)61-45-49(41-43-66(61)68)56-33-14-13-32-55(56)48-40-42-65-60(44-48)58-35-16-19-38-63(58)67(65)50-24-21-31-54(46-50)69(51-25-7-2-8-26-51,52-27-9-3-10-28-52)53-29-11-4-12-30-53/h1-46H/i1D,2D,3D,4D,5D,6D,7D,8D,9D,10D,11D,12D,13D,14D,16D,17D,19D,20D,21D,22D,23D,24D,25D,26D,27D,28D,29D,30D,31D,32D,33D,35D,36D,38D,39D,40D,41D,42D,43D,44D,45D,46D. The van der Waals surface area contributed by atoms with Crippen LogP contribution < -0.4 is 20.7 Å². The van der Waals surface area contributed by atoms with E-state index < -0.39 is 360 Å². The summed E-state index contributed by atoms with van der Waals surface area (Å²) < 4.78 is 395. The van der Waals surface area contributed by atoms with Gasteiger partial charge < -0.3 is 9.13 Å². The van der Waals surface area contributed by atoms with Crippen LogP contribution in [0.1, 0.15) is 57.6 Å². The first-order valence-electron chi connectivity index (χ1n) is 41.4. The fraction of sp³-hybridized carbons (Fsp3) is 0. The maximum absolute atomic E-state index is 10.6. The Morgan fingerprint density at radius 3 is 1.29 bits per heavy atom. The molecule has 3 heteroatoms. The van der Waals surface area contributed by atoms with Gasteiger partial charge >= 0.3 is 0 Å². The van der Waals surface area contributed by atoms with Gasteiger partial charge in [0, 0.05) is 32.8 Å². The van der Waals surface area contributed by atoms with Gasteiger partial charge in [-0.25, -0.2) is 0 Å². The van der Waals surface area contributed by atoms with Crippen molar-refractivity contribution < 1.29 is 57.6 Å². The lowest BCUT2D eigenvalue weighted by molar-refractivity contribution is 1.18. The first-order valence-corrected chi connectivity index (χ1v) is 22.4. The van der Waals surface area contributed by atoms with Crippen molar-refractivity contribution in [1.29, 1.82) is 0 Å². The van der Waals surface area contributed by atoms with Crippen molar-refractivity contribution in [1.82, 2.24) is 9.13 Å². The molecule has 0 aliphatic heterocycles. The van der Waals surface area contributed by atoms with Crippen LogP contribution in [0.4, 0.5) is 0 Å². The van der Waals surface area contributed by atoms with Crippen LogP contribution in [0.5, 0.6) is 0 Å². The Kier molecular flexibility index (Phi) is 3.95. The third-order valence-electron chi connectivity index (χ3n) is 11.3. The van der Waals surface area contributed by atoms with Crippen LogP contribution in [-0.4, -0.2) is 17.2 Å². The molecule has 2 nitrogen and oxygen atoms in total. The summed E-state index contributed by atoms with van der Waals surface area (Å²) in [7, 11) is -6.68. The highest BCUT2D eigenvalue weighted by atomic mass is 28.3. The highest BCUT2D eigenvalue weighted by Gasteiger charge is 2.41. The Morgan fingerprint density at radius 2 is 0.725 bits per heavy atom. The molecule has 0 aliphatic rings. The van der Waals surface area contributed by atoms with Crippen molar-refractivity contribution >= 4 is 72.4 Å². The van der Waals surface area contributed by atoms with Crippen LogP contribution in [0.25, 0.3) is 88.4 Å². The molecule has 324 valence electrons. The van der Waals surface area contributed by atoms with E-state index in [0.717, 1.165) is 4.57 Å². The topological polar surface area (TPSA) is 9.86 Å². The first kappa shape index (κ1) is 16.2. The van der Waals surface area contributed by atoms with E-state index in [1.807, 2.05) is 0 Å². The number of hydrogen-bond acceptors (Lipinski definition) is 0. The summed E-state index contributed by atoms with van der Waals surface area (Å²) in [5.74, 6) is 0. The fourth-order valence-corrected chi connectivity index (χ4v) is 11.9. The Bertz CT molecular complexity index is 6270. The van der Waals surface area contributed by atoms with Crippen molar-refractivity contribution in [2.24, 2.45) is 0 Å². The number of rotatable bonds is 9. The molecule has 0 atom stereocenters. The second-order valence-electron chi connectivity index (χ2n) is 14.8. The molecule has 0 radical (unpaired) electrons. The Hall–Kier alpha value is -8.76. The van der Waals surface area contributed by atoms with Gasteiger partial charge in [-0.1, -0.05) is 224 Å². The normalized spacial score (nSPS) is 20.3. The molecule has 69 heavy (non-hydrogen) atoms. The summed E-state index contributed by atoms with van der Waals surface area (Å²) >= 11 is 0. The number of para-hydroxylation sites is 3. The van der Waals surface area contributed by atoms with Crippen molar-refractivity contribution in [3.8, 4) is 44.8 Å². The zero-order chi connectivity index (χ0) is 82.3. The summed E-state index contributed by atoms with van der Waals surface area (Å²) in [6, 6.07) is -44.6. The second kappa shape index (κ2) is 16.8. The molecular weight excluding hydrogens is 849 g/mol. The average Bonchev–Trinajstić information content (AvgIpc) is 1.38. The molecule has 0 aliphatic carbocycles. The van der Waals surface area contributed by atoms with Gasteiger partial charge in [0.2, 0.25) is 0 Å². The summed E-state index contributed by atoms with van der Waals surface area (Å²) in [6.07, 6.45) is 0. The van der Waals surface area contributed by atoms with Crippen LogP contribution in [-0.2, 0) is 0 Å². The zero-order valence-electron chi connectivity index (χ0n) is 76.7. The maximum Gasteiger partial charge on any atom is 0.179 e. The minimum Gasteiger partial charge on any atom is -0.309 e. The van der Waals surface area contributed by atoms with Gasteiger partial charge in [-0.15, -0.1) is 0 Å². The smallest absolute Gasteiger partial charge is 0.179 e. The molecule has 13 rings (SSSR count). The van der Waals surface area contributed by atoms with Gasteiger partial charge in [0.25, 0.3) is 0 Å². The summed E-state index contributed by atoms with van der Waals surface area (Å²) in [5, 5.41) is -8.38. The lowest BCUT2D eigenvalue weighted by atomic mass is 9.93. The molecule has 0 saturated heterocycles. The van der Waals surface area contributed by atoms with E-state index in [1.165, 1.54) is 24.3 Å². The predicted molar refractivity (Wildman–Crippen MR) is 295 cm³/mol. The van der Waals surface area contributed by atoms with Crippen LogP contribution in [0.2, 0.25) is 0 Å². The van der Waals surface area contributed by atoms with Gasteiger partial charge in [-0.3, -0.25) is 0 Å². The molecule has 2 heterocycles. The van der Waals surface area contributed by atoms with Crippen LogP contribution >= 0.6 is 0 Å². The monoisotopic (exact) mass is 937 g/mol. The number of aromatic nitrogens is 2. The molecular formula is C66H46N2Si. The predicted octanol–water partition coefficient (Wildman–Crippen LogP) is 14.3. The number of fused-ring (bicyclic) bond motifs is 6. The van der Waals surface area contributed by atoms with Crippen molar-refractivity contribution in [3.63, 3.8) is 0 Å². The highest BCUT2D eigenvalue weighted by molar-refractivity contribution is 7.19. The number of nitrogens with zero attached hydrogens (tertiary/aromatic N) is 2. The SMILES string of the molecule is [2H]c1c([2H])c([2H])c(-c2ccccc2-n2c3c([2H])c([2H])c([2H])c([2H])c3c3c([2H])c(-c4c([2H])c([2H])c([2H])c([2H])c4-c4c([2H])c([2H])c5c(c4[2H])c4c([2H])c([2H])c([2H])c([2H])c4n5-c4c([2H])c([2H])c([2H])c([Si](c5c([2H])c([2H])c([2H])c([2H])c5[2H])(c5c([2H])c([2H])c([2H])c([2H])c5[2H])c5c([2H])c([2H])c([2H])c([2H])c5[2H])c4[2H])c([2H])c([2H])c32)c([2H])c1[2H]. The van der Waals surface area contributed by atoms with Gasteiger partial charge in [-0.05, 0) is 103 Å². The summed E-state index contributed by atoms with van der Waals surface area (Å²) in [4.78, 5) is 0. The van der Waals surface area contributed by atoms with E-state index in [0.29, 0.717) is 4.57 Å². The van der Waals surface area contributed by atoms with E-state index in [9.17, 15) is 30.2 Å². The van der Waals surface area contributed by atoms with E-state index in [1.54, 1.807) is 0 Å². The highest BCUT2D eigenvalue weighted by Crippen LogP contribution is 2.41. The average molecular weight is 937 g/mol. The molecule has 11 aromatic carbocycles. The molecule has 0 bridgehead atoms. The maximum atomic E-state index is 10.6. The molecule has 0 unspecified atom stereocenters. The minimum absolute atomic E-state index is 0.211. The first-order chi connectivity index (χ1) is 51.7. The van der Waals surface area contributed by atoms with E-state index in [-0.39, 0.29) is 11.3 Å². The van der Waals surface area contributed by atoms with Gasteiger partial charge in [0.05, 0.1) is 85.3 Å². The fourth-order valence-electron chi connectivity index (χ4n) is 8.39. The van der Waals surface area contributed by atoms with Gasteiger partial charge in [-0.2, -0.15) is 0 Å². The molecule has 0 N–H and O–H groups in total. The molecule has 0 fully saturated rings. The van der Waals surface area contributed by atoms with Gasteiger partial charge in [0.15, 0.2) is 8.07 Å². The summed E-state index contributed by atoms with van der Waals surface area (Å²) in [5.41, 5.74) is -9.69. The second-order valence-corrected chi connectivity index (χ2v) is 18.3. The third kappa shape index (κ3) is 6.62. The van der Waals surface area contributed by atoms with Crippen LogP contribution in [0.15, 0.2) is 278 Å². The molecule has 0 amide bonds. The zero-order valence-corrected chi connectivity index (χ0v) is 35.7. The Balaban J connectivity index is 1.23.